The maximum atomic E-state index is 8.29. The van der Waals surface area contributed by atoms with Crippen molar-refractivity contribution in [1.29, 1.82) is 0 Å². The normalized spacial score (nSPS) is 34.3. The molecule has 7 unspecified atom stereocenters. The molecule has 7 atom stereocenters. The SMILES string of the molecule is CCCOCCC[Si](C)(C)O[Si]12O[Si]3(O[Si](C)(C)CCCOCC4CO4)O[Si]4(O[Si](C)(C)CCCOCC5CO5)O[Si](O[Si](C)(C)CCCOCC5CO5)(O1)O[Si]1(O[Si](C)(C)CCCOCC5CO5)O[Si](O[Si](C)(C)CCCOCC5CO5)(O2)O[Si](O[Si](C)(C)CCCOCC2CO2)(O3)O[Si](O[Si](C)(C)CCCOCC2CO2)(O4)O1. The number of epoxide rings is 7. The molecular weight excluding hydrogens is 1780 g/mol. The minimum absolute atomic E-state index is 0.0535. The lowest BCUT2D eigenvalue weighted by Crippen LogP contribution is -2.93. The number of hydrogen-bond acceptors (Lipinski definition) is 35. The van der Waals surface area contributed by atoms with Gasteiger partial charge in [0.25, 0.3) is 0 Å². The number of hydrogen-bond donors (Lipinski definition) is 0. The fourth-order valence-corrected chi connectivity index (χ4v) is 87.2. The Morgan fingerprint density at radius 2 is 0.322 bits per heavy atom. The fourth-order valence-electron chi connectivity index (χ4n) is 13.7. The lowest BCUT2D eigenvalue weighted by molar-refractivity contribution is -0.130. The topological polar surface area (TPSA) is 346 Å². The molecule has 0 amide bonds. The van der Waals surface area contributed by atoms with E-state index in [4.69, 9.17) is 153 Å². The maximum Gasteiger partial charge on any atom is 0.651 e. The van der Waals surface area contributed by atoms with E-state index >= 15 is 0 Å². The molecule has 0 aliphatic carbocycles. The molecule has 13 rings (SSSR count). The van der Waals surface area contributed by atoms with Gasteiger partial charge >= 0.3 is 72.4 Å². The summed E-state index contributed by atoms with van der Waals surface area (Å²) in [5, 5.41) is 0. The van der Waals surface area contributed by atoms with Gasteiger partial charge in [0.05, 0.1) is 92.5 Å². The smallest absolute Gasteiger partial charge is 0.395 e. The highest BCUT2D eigenvalue weighted by molar-refractivity contribution is 7.04. The van der Waals surface area contributed by atoms with Crippen molar-refractivity contribution in [3.63, 3.8) is 0 Å². The van der Waals surface area contributed by atoms with Gasteiger partial charge in [0.2, 0.25) is 0 Å². The summed E-state index contributed by atoms with van der Waals surface area (Å²) in [6.07, 6.45) is 5.72. The van der Waals surface area contributed by atoms with Crippen molar-refractivity contribution in [3.8, 4) is 0 Å². The van der Waals surface area contributed by atoms with E-state index in [1.54, 1.807) is 0 Å². The first-order valence-electron chi connectivity index (χ1n) is 42.2. The van der Waals surface area contributed by atoms with Crippen LogP contribution in [0.25, 0.3) is 0 Å². The number of rotatable bonds is 64. The van der Waals surface area contributed by atoms with Crippen molar-refractivity contribution in [2.24, 2.45) is 0 Å². The van der Waals surface area contributed by atoms with E-state index < -0.39 is 139 Å². The van der Waals surface area contributed by atoms with Gasteiger partial charge in [0.15, 0.2) is 66.5 Å². The van der Waals surface area contributed by atoms with Gasteiger partial charge in [-0.25, -0.2) is 0 Å². The highest BCUT2D eigenvalue weighted by Crippen LogP contribution is 2.55. The zero-order chi connectivity index (χ0) is 82.1. The second-order valence-electron chi connectivity index (χ2n) is 36.8. The van der Waals surface area contributed by atoms with Crippen LogP contribution in [0.4, 0.5) is 0 Å². The third kappa shape index (κ3) is 33.0. The number of ether oxygens (including phenoxy) is 15. The Morgan fingerprint density at radius 3 is 0.435 bits per heavy atom. The predicted octanol–water partition coefficient (Wildman–Crippen LogP) is 8.97. The summed E-state index contributed by atoms with van der Waals surface area (Å²) in [5.74, 6) is 0. The monoisotopic (exact) mass is 1910 g/mol. The summed E-state index contributed by atoms with van der Waals surface area (Å²) in [4.78, 5) is 0. The average Bonchev–Trinajstić information content (AvgIpc) is 1.48. The van der Waals surface area contributed by atoms with Crippen LogP contribution in [-0.2, 0) is 153 Å². The highest BCUT2D eigenvalue weighted by Gasteiger charge is 2.93. The Labute approximate surface area is 700 Å². The molecule has 0 N–H and O–H groups in total. The van der Waals surface area contributed by atoms with Crippen LogP contribution in [0.15, 0.2) is 0 Å². The Kier molecular flexibility index (Phi) is 34.1. The van der Waals surface area contributed by atoms with Gasteiger partial charge in [-0.2, -0.15) is 0 Å². The van der Waals surface area contributed by atoms with Gasteiger partial charge in [0.1, 0.15) is 42.7 Å². The summed E-state index contributed by atoms with van der Waals surface area (Å²) in [5.41, 5.74) is 0. The van der Waals surface area contributed by atoms with E-state index in [0.29, 0.717) is 252 Å². The second kappa shape index (κ2) is 40.8. The Balaban J connectivity index is 1.09. The average molecular weight is 1920 g/mol. The molecule has 0 spiro atoms. The highest BCUT2D eigenvalue weighted by atomic mass is 28.7. The van der Waals surface area contributed by atoms with Gasteiger partial charge in [-0.15, -0.1) is 0 Å². The molecule has 51 heteroatoms. The standard InChI is InChI=1S/C64H138O35Si16/c1-18-27-65-28-19-36-100(2,3)80-108-88-109(81-101(4,5)37-20-29-66-44-58-51-73-58)91-112(84-104(10,11)40-23-32-69-47-61-54-76-61)93-110(89-108,82-102(6,7)38-21-30-67-45-59-52-74-59)95-114(86-106(14,15)42-25-34-71-49-63-56-78-63)96-111(90-108,83-103(8,9)39-22-31-68-46-60-53-75-60)94-113(92-109,85-105(12,13)41-24-33-70-48-62-55-77-62)98-115(97-112,99-114)87-107(16,17)43-26-35-72-50-64-57-79-64/h58-64H,18-57H2,1-17H3. The first kappa shape index (κ1) is 96.2. The Morgan fingerprint density at radius 1 is 0.200 bits per heavy atom. The van der Waals surface area contributed by atoms with Gasteiger partial charge < -0.3 is 153 Å². The summed E-state index contributed by atoms with van der Waals surface area (Å²) in [6, 6.07) is 3.82. The van der Waals surface area contributed by atoms with Gasteiger partial charge in [-0.3, -0.25) is 0 Å². The van der Waals surface area contributed by atoms with Crippen LogP contribution in [0.3, 0.4) is 0 Å². The van der Waals surface area contributed by atoms with Crippen molar-refractivity contribution in [3.05, 3.63) is 0 Å². The molecule has 35 nitrogen and oxygen atoms in total. The van der Waals surface area contributed by atoms with Crippen LogP contribution in [0.2, 0.25) is 153 Å². The van der Waals surface area contributed by atoms with E-state index in [9.17, 15) is 0 Å². The fraction of sp³-hybridized carbons (Fsp3) is 1.00. The van der Waals surface area contributed by atoms with Gasteiger partial charge in [0, 0.05) is 59.5 Å². The molecule has 0 saturated carbocycles. The molecule has 13 fully saturated rings. The van der Waals surface area contributed by atoms with Crippen molar-refractivity contribution in [2.45, 2.75) is 261 Å². The van der Waals surface area contributed by atoms with Crippen molar-refractivity contribution in [1.82, 2.24) is 0 Å². The molecule has 13 aliphatic rings. The minimum Gasteiger partial charge on any atom is -0.395 e. The first-order valence-corrected chi connectivity index (χ1v) is 80.2. The van der Waals surface area contributed by atoms with Crippen LogP contribution < -0.4 is 0 Å². The molecule has 115 heavy (non-hydrogen) atoms. The predicted molar refractivity (Wildman–Crippen MR) is 448 cm³/mol. The summed E-state index contributed by atoms with van der Waals surface area (Å²) in [6.45, 7) is 46.8. The van der Waals surface area contributed by atoms with Crippen LogP contribution in [0.5, 0.6) is 0 Å². The lowest BCUT2D eigenvalue weighted by Gasteiger charge is -2.61. The summed E-state index contributed by atoms with van der Waals surface area (Å²) < 4.78 is 253. The van der Waals surface area contributed by atoms with Crippen LogP contribution in [-0.4, -0.2) is 334 Å². The molecule has 0 aromatic rings. The van der Waals surface area contributed by atoms with E-state index in [2.05, 4.69) is 112 Å². The first-order chi connectivity index (χ1) is 54.3. The molecular formula is C64H138O35Si16. The largest absolute Gasteiger partial charge is 0.651 e. The molecule has 13 aliphatic heterocycles. The van der Waals surface area contributed by atoms with Crippen LogP contribution in [0, 0.1) is 0 Å². The molecule has 8 bridgehead atoms. The molecule has 0 radical (unpaired) electrons. The molecule has 13 saturated heterocycles. The van der Waals surface area contributed by atoms with Crippen molar-refractivity contribution < 1.29 is 153 Å². The maximum absolute atomic E-state index is 8.29. The summed E-state index contributed by atoms with van der Waals surface area (Å²) >= 11 is 0. The van der Waals surface area contributed by atoms with E-state index in [0.717, 1.165) is 6.42 Å². The van der Waals surface area contributed by atoms with Crippen molar-refractivity contribution in [2.75, 3.05) is 152 Å². The molecule has 668 valence electrons. The molecule has 13 heterocycles. The zero-order valence-corrected chi connectivity index (χ0v) is 87.6. The quantitative estimate of drug-likeness (QED) is 0.0311. The van der Waals surface area contributed by atoms with Crippen LogP contribution >= 0.6 is 0 Å². The zero-order valence-electron chi connectivity index (χ0n) is 71.6. The minimum atomic E-state index is -5.62. The van der Waals surface area contributed by atoms with E-state index in [-0.39, 0.29) is 42.7 Å². The Hall–Kier alpha value is 2.07. The second-order valence-corrected chi connectivity index (χ2v) is 93.3. The van der Waals surface area contributed by atoms with E-state index in [1.807, 2.05) is 0 Å². The molecule has 0 aromatic carbocycles. The third-order valence-electron chi connectivity index (χ3n) is 20.0. The van der Waals surface area contributed by atoms with Crippen LogP contribution in [0.1, 0.15) is 64.7 Å². The van der Waals surface area contributed by atoms with Crippen molar-refractivity contribution >= 4 is 139 Å². The summed E-state index contributed by atoms with van der Waals surface area (Å²) in [7, 11) is -72.0. The lowest BCUT2D eigenvalue weighted by atomic mass is 10.5. The molecule has 0 aromatic heterocycles. The van der Waals surface area contributed by atoms with Gasteiger partial charge in [-0.05, 0) is 211 Å². The Bertz CT molecular complexity index is 2480. The van der Waals surface area contributed by atoms with E-state index in [1.165, 1.54) is 0 Å². The van der Waals surface area contributed by atoms with Gasteiger partial charge in [-0.1, -0.05) is 6.92 Å². The third-order valence-corrected chi connectivity index (χ3v) is 82.2.